The quantitative estimate of drug-likeness (QED) is 0.233. The number of carbonyl (C=O) groups is 2. The molecule has 2 aromatic rings. The Kier molecular flexibility index (Phi) is 7.69. The Morgan fingerprint density at radius 2 is 1.96 bits per heavy atom. The summed E-state index contributed by atoms with van der Waals surface area (Å²) in [7, 11) is 1.43. The molecule has 0 fully saturated rings. The molecule has 0 aliphatic heterocycles. The fourth-order valence-electron chi connectivity index (χ4n) is 1.97. The molecular weight excluding hydrogens is 508 g/mol. The number of nitrogens with zero attached hydrogens (tertiary/aromatic N) is 1. The fourth-order valence-corrected chi connectivity index (χ4v) is 2.89. The monoisotopic (exact) mass is 521 g/mol. The van der Waals surface area contributed by atoms with Gasteiger partial charge in [-0.15, -0.1) is 0 Å². The third-order valence-electron chi connectivity index (χ3n) is 3.20. The number of hydrogen-bond donors (Lipinski definition) is 3. The Morgan fingerprint density at radius 3 is 2.63 bits per heavy atom. The van der Waals surface area contributed by atoms with E-state index in [-0.39, 0.29) is 11.5 Å². The van der Waals surface area contributed by atoms with Crippen molar-refractivity contribution in [1.82, 2.24) is 5.43 Å². The van der Waals surface area contributed by atoms with Crippen LogP contribution in [0.3, 0.4) is 0 Å². The SMILES string of the molecule is COc1cc(/C=N/NC(=O)CC(=O)Nc2ccc(Cl)c(Cl)c2)cc(I)c1O. The van der Waals surface area contributed by atoms with Gasteiger partial charge in [-0.2, -0.15) is 5.10 Å². The topological polar surface area (TPSA) is 100 Å². The third kappa shape index (κ3) is 6.26. The van der Waals surface area contributed by atoms with Crippen LogP contribution in [0.4, 0.5) is 5.69 Å². The van der Waals surface area contributed by atoms with Crippen LogP contribution >= 0.6 is 45.8 Å². The van der Waals surface area contributed by atoms with E-state index in [2.05, 4.69) is 15.8 Å². The fraction of sp³-hybridized carbons (Fsp3) is 0.118. The first kappa shape index (κ1) is 21.3. The Hall–Kier alpha value is -2.04. The van der Waals surface area contributed by atoms with Crippen LogP contribution in [0.5, 0.6) is 11.5 Å². The molecule has 0 atom stereocenters. The molecule has 0 radical (unpaired) electrons. The van der Waals surface area contributed by atoms with Gasteiger partial charge in [0.1, 0.15) is 6.42 Å². The van der Waals surface area contributed by atoms with Crippen molar-refractivity contribution in [1.29, 1.82) is 0 Å². The van der Waals surface area contributed by atoms with Gasteiger partial charge in [-0.3, -0.25) is 9.59 Å². The predicted molar refractivity (Wildman–Crippen MR) is 113 cm³/mol. The van der Waals surface area contributed by atoms with Gasteiger partial charge in [0.05, 0.1) is 26.9 Å². The van der Waals surface area contributed by atoms with Gasteiger partial charge in [-0.1, -0.05) is 23.2 Å². The highest BCUT2D eigenvalue weighted by molar-refractivity contribution is 14.1. The minimum atomic E-state index is -0.593. The van der Waals surface area contributed by atoms with E-state index in [1.807, 2.05) is 22.6 Å². The minimum Gasteiger partial charge on any atom is -0.504 e. The molecule has 27 heavy (non-hydrogen) atoms. The number of amides is 2. The predicted octanol–water partition coefficient (Wildman–Crippen LogP) is 3.79. The molecule has 0 saturated heterocycles. The molecule has 142 valence electrons. The van der Waals surface area contributed by atoms with Gasteiger partial charge in [0, 0.05) is 5.69 Å². The van der Waals surface area contributed by atoms with Crippen LogP contribution in [0.1, 0.15) is 12.0 Å². The van der Waals surface area contributed by atoms with E-state index in [4.69, 9.17) is 27.9 Å². The molecule has 0 saturated carbocycles. The Bertz CT molecular complexity index is 906. The number of phenolic OH excluding ortho intramolecular Hbond substituents is 1. The highest BCUT2D eigenvalue weighted by Gasteiger charge is 2.10. The first-order chi connectivity index (χ1) is 12.8. The molecule has 0 unspecified atom stereocenters. The van der Waals surface area contributed by atoms with Crippen molar-refractivity contribution < 1.29 is 19.4 Å². The molecule has 2 aromatic carbocycles. The molecule has 0 spiro atoms. The van der Waals surface area contributed by atoms with Gasteiger partial charge in [0.25, 0.3) is 0 Å². The lowest BCUT2D eigenvalue weighted by Gasteiger charge is -2.07. The molecule has 0 aromatic heterocycles. The van der Waals surface area contributed by atoms with Crippen LogP contribution in [0.25, 0.3) is 0 Å². The number of aromatic hydroxyl groups is 1. The van der Waals surface area contributed by atoms with E-state index in [9.17, 15) is 14.7 Å². The van der Waals surface area contributed by atoms with E-state index in [0.717, 1.165) is 0 Å². The van der Waals surface area contributed by atoms with Crippen molar-refractivity contribution in [3.8, 4) is 11.5 Å². The molecule has 0 bridgehead atoms. The normalized spacial score (nSPS) is 10.7. The summed E-state index contributed by atoms with van der Waals surface area (Å²) in [6.07, 6.45) is 0.951. The summed E-state index contributed by atoms with van der Waals surface area (Å²) < 4.78 is 5.61. The lowest BCUT2D eigenvalue weighted by Crippen LogP contribution is -2.24. The Morgan fingerprint density at radius 1 is 1.22 bits per heavy atom. The summed E-state index contributed by atoms with van der Waals surface area (Å²) in [5, 5.41) is 16.8. The zero-order valence-corrected chi connectivity index (χ0v) is 17.6. The summed E-state index contributed by atoms with van der Waals surface area (Å²) in [5.74, 6) is -0.805. The summed E-state index contributed by atoms with van der Waals surface area (Å²) >= 11 is 13.6. The second kappa shape index (κ2) is 9.77. The van der Waals surface area contributed by atoms with E-state index < -0.39 is 18.2 Å². The summed E-state index contributed by atoms with van der Waals surface area (Å²) in [6, 6.07) is 7.81. The summed E-state index contributed by atoms with van der Waals surface area (Å²) in [5.41, 5.74) is 3.29. The van der Waals surface area contributed by atoms with Crippen LogP contribution in [0, 0.1) is 3.57 Å². The first-order valence-electron chi connectivity index (χ1n) is 7.43. The van der Waals surface area contributed by atoms with E-state index in [1.165, 1.54) is 25.5 Å². The van der Waals surface area contributed by atoms with Crippen molar-refractivity contribution in [2.24, 2.45) is 5.10 Å². The summed E-state index contributed by atoms with van der Waals surface area (Å²) in [6.45, 7) is 0. The average molecular weight is 522 g/mol. The molecule has 10 heteroatoms. The van der Waals surface area contributed by atoms with Crippen molar-refractivity contribution in [3.63, 3.8) is 0 Å². The molecule has 3 N–H and O–H groups in total. The maximum Gasteiger partial charge on any atom is 0.249 e. The Labute approximate surface area is 178 Å². The number of carbonyl (C=O) groups excluding carboxylic acids is 2. The number of phenols is 1. The highest BCUT2D eigenvalue weighted by atomic mass is 127. The number of halogens is 3. The van der Waals surface area contributed by atoms with Gasteiger partial charge >= 0.3 is 0 Å². The third-order valence-corrected chi connectivity index (χ3v) is 4.76. The number of ether oxygens (including phenoxy) is 1. The average Bonchev–Trinajstić information content (AvgIpc) is 2.60. The van der Waals surface area contributed by atoms with Gasteiger partial charge in [0.2, 0.25) is 11.8 Å². The maximum absolute atomic E-state index is 11.9. The van der Waals surface area contributed by atoms with E-state index >= 15 is 0 Å². The number of anilines is 1. The molecule has 0 aliphatic rings. The van der Waals surface area contributed by atoms with Crippen LogP contribution in [-0.2, 0) is 9.59 Å². The molecule has 2 rings (SSSR count). The smallest absolute Gasteiger partial charge is 0.249 e. The number of hydrogen-bond acceptors (Lipinski definition) is 5. The number of benzene rings is 2. The van der Waals surface area contributed by atoms with Crippen molar-refractivity contribution in [2.75, 3.05) is 12.4 Å². The van der Waals surface area contributed by atoms with E-state index in [1.54, 1.807) is 18.2 Å². The van der Waals surface area contributed by atoms with Crippen molar-refractivity contribution in [3.05, 3.63) is 49.5 Å². The number of methoxy groups -OCH3 is 1. The van der Waals surface area contributed by atoms with E-state index in [0.29, 0.717) is 24.9 Å². The molecule has 2 amide bonds. The van der Waals surface area contributed by atoms with Crippen LogP contribution in [0.15, 0.2) is 35.4 Å². The van der Waals surface area contributed by atoms with Gasteiger partial charge in [-0.05, 0) is 58.5 Å². The second-order valence-corrected chi connectivity index (χ2v) is 7.18. The van der Waals surface area contributed by atoms with Gasteiger partial charge in [-0.25, -0.2) is 5.43 Å². The minimum absolute atomic E-state index is 0.0262. The van der Waals surface area contributed by atoms with Crippen LogP contribution in [-0.4, -0.2) is 30.2 Å². The van der Waals surface area contributed by atoms with Crippen molar-refractivity contribution >= 4 is 69.5 Å². The van der Waals surface area contributed by atoms with Crippen molar-refractivity contribution in [2.45, 2.75) is 6.42 Å². The molecular formula is C17H14Cl2IN3O4. The summed E-state index contributed by atoms with van der Waals surface area (Å²) in [4.78, 5) is 23.7. The zero-order chi connectivity index (χ0) is 20.0. The van der Waals surface area contributed by atoms with Crippen LogP contribution in [0.2, 0.25) is 10.0 Å². The molecule has 0 heterocycles. The zero-order valence-electron chi connectivity index (χ0n) is 13.9. The maximum atomic E-state index is 11.9. The van der Waals surface area contributed by atoms with Gasteiger partial charge in [0.15, 0.2) is 11.5 Å². The van der Waals surface area contributed by atoms with Gasteiger partial charge < -0.3 is 15.2 Å². The molecule has 0 aliphatic carbocycles. The number of rotatable bonds is 6. The Balaban J connectivity index is 1.90. The lowest BCUT2D eigenvalue weighted by molar-refractivity contribution is -0.126. The standard InChI is InChI=1S/C17H14Cl2IN3O4/c1-27-14-5-9(4-13(20)17(14)26)8-21-23-16(25)7-15(24)22-10-2-3-11(18)12(19)6-10/h2-6,8,26H,7H2,1H3,(H,22,24)(H,23,25)/b21-8+. The highest BCUT2D eigenvalue weighted by Crippen LogP contribution is 2.31. The number of nitrogens with one attached hydrogen (secondary N) is 2. The van der Waals surface area contributed by atoms with Crippen LogP contribution < -0.4 is 15.5 Å². The number of hydrazone groups is 1. The second-order valence-electron chi connectivity index (χ2n) is 5.20. The lowest BCUT2D eigenvalue weighted by atomic mass is 10.2. The first-order valence-corrected chi connectivity index (χ1v) is 9.27. The molecule has 7 nitrogen and oxygen atoms in total. The largest absolute Gasteiger partial charge is 0.504 e.